The molecule has 2 aromatic rings. The van der Waals surface area contributed by atoms with E-state index < -0.39 is 6.10 Å². The number of nitrogens with zero attached hydrogens (tertiary/aromatic N) is 5. The molecule has 1 aromatic carbocycles. The van der Waals surface area contributed by atoms with E-state index >= 15 is 0 Å². The van der Waals surface area contributed by atoms with Crippen LogP contribution in [0.1, 0.15) is 28.5 Å². The average molecular weight is 495 g/mol. The number of rotatable bonds is 9. The van der Waals surface area contributed by atoms with Gasteiger partial charge in [-0.3, -0.25) is 9.69 Å². The van der Waals surface area contributed by atoms with Crippen molar-refractivity contribution in [2.45, 2.75) is 32.0 Å². The Hall–Kier alpha value is -2.79. The first kappa shape index (κ1) is 24.9. The maximum atomic E-state index is 13.1. The lowest BCUT2D eigenvalue weighted by atomic mass is 10.00. The van der Waals surface area contributed by atoms with E-state index in [4.69, 9.17) is 4.98 Å². The number of amides is 1. The van der Waals surface area contributed by atoms with Crippen molar-refractivity contribution in [1.82, 2.24) is 30.4 Å². The molecule has 1 atom stereocenters. The number of fused-ring (bicyclic) bond motifs is 1. The number of aliphatic hydroxyl groups excluding tert-OH is 1. The second kappa shape index (κ2) is 11.5. The average Bonchev–Trinajstić information content (AvgIpc) is 2.89. The van der Waals surface area contributed by atoms with E-state index in [1.807, 2.05) is 0 Å². The largest absolute Gasteiger partial charge is 0.390 e. The lowest BCUT2D eigenvalue weighted by Gasteiger charge is -2.34. The second-order valence-electron chi connectivity index (χ2n) is 9.98. The lowest BCUT2D eigenvalue weighted by molar-refractivity contribution is 0.0838. The molecule has 0 bridgehead atoms. The van der Waals surface area contributed by atoms with E-state index in [0.717, 1.165) is 65.3 Å². The maximum absolute atomic E-state index is 13.1. The molecule has 194 valence electrons. The molecule has 10 nitrogen and oxygen atoms in total. The van der Waals surface area contributed by atoms with Gasteiger partial charge in [0.25, 0.3) is 5.91 Å². The summed E-state index contributed by atoms with van der Waals surface area (Å²) in [5.74, 6) is 0.964. The van der Waals surface area contributed by atoms with Crippen molar-refractivity contribution in [3.8, 4) is 0 Å². The number of benzene rings is 1. The number of carbonyl (C=O) groups is 1. The van der Waals surface area contributed by atoms with Gasteiger partial charge in [0.2, 0.25) is 5.95 Å². The Morgan fingerprint density at radius 3 is 2.61 bits per heavy atom. The molecule has 4 N–H and O–H groups in total. The summed E-state index contributed by atoms with van der Waals surface area (Å²) in [6.45, 7) is 11.0. The number of aromatic nitrogens is 2. The minimum absolute atomic E-state index is 0.181. The second-order valence-corrected chi connectivity index (χ2v) is 9.98. The fraction of sp³-hybridized carbons (Fsp3) is 0.577. The minimum atomic E-state index is -0.652. The van der Waals surface area contributed by atoms with Gasteiger partial charge in [-0.25, -0.2) is 4.98 Å². The summed E-state index contributed by atoms with van der Waals surface area (Å²) in [5, 5.41) is 20.2. The summed E-state index contributed by atoms with van der Waals surface area (Å²) in [5.41, 5.74) is 3.02. The van der Waals surface area contributed by atoms with Crippen molar-refractivity contribution in [2.75, 3.05) is 75.7 Å². The summed E-state index contributed by atoms with van der Waals surface area (Å²) >= 11 is 0. The molecule has 3 aliphatic heterocycles. The molecule has 10 heteroatoms. The Balaban J connectivity index is 1.20. The minimum Gasteiger partial charge on any atom is -0.390 e. The zero-order valence-corrected chi connectivity index (χ0v) is 21.1. The molecule has 4 heterocycles. The van der Waals surface area contributed by atoms with Gasteiger partial charge >= 0.3 is 0 Å². The summed E-state index contributed by atoms with van der Waals surface area (Å²) in [6.07, 6.45) is 0.332. The van der Waals surface area contributed by atoms with Crippen molar-refractivity contribution in [2.24, 2.45) is 0 Å². The molecule has 1 aromatic heterocycles. The van der Waals surface area contributed by atoms with Crippen LogP contribution in [0.2, 0.25) is 0 Å². The maximum Gasteiger partial charge on any atom is 0.270 e. The van der Waals surface area contributed by atoms with Crippen LogP contribution in [0, 0.1) is 0 Å². The van der Waals surface area contributed by atoms with E-state index in [1.54, 1.807) is 6.07 Å². The van der Waals surface area contributed by atoms with Gasteiger partial charge in [-0.05, 0) is 24.1 Å². The van der Waals surface area contributed by atoms with E-state index in [-0.39, 0.29) is 12.5 Å². The predicted molar refractivity (Wildman–Crippen MR) is 140 cm³/mol. The van der Waals surface area contributed by atoms with Crippen LogP contribution in [0.4, 0.5) is 11.8 Å². The summed E-state index contributed by atoms with van der Waals surface area (Å²) < 4.78 is 0. The van der Waals surface area contributed by atoms with Crippen LogP contribution in [-0.4, -0.2) is 108 Å². The number of anilines is 2. The first-order chi connectivity index (χ1) is 17.6. The van der Waals surface area contributed by atoms with Gasteiger partial charge in [-0.2, -0.15) is 4.98 Å². The summed E-state index contributed by atoms with van der Waals surface area (Å²) in [7, 11) is 0. The third kappa shape index (κ3) is 6.12. The highest BCUT2D eigenvalue weighted by atomic mass is 16.3. The Kier molecular flexibility index (Phi) is 7.96. The van der Waals surface area contributed by atoms with Crippen LogP contribution < -0.4 is 20.9 Å². The monoisotopic (exact) mass is 494 g/mol. The van der Waals surface area contributed by atoms with Crippen molar-refractivity contribution >= 4 is 17.7 Å². The van der Waals surface area contributed by atoms with Crippen LogP contribution in [0.5, 0.6) is 0 Å². The molecule has 0 radical (unpaired) electrons. The third-order valence-electron chi connectivity index (χ3n) is 7.36. The van der Waals surface area contributed by atoms with Crippen LogP contribution >= 0.6 is 0 Å². The van der Waals surface area contributed by atoms with Gasteiger partial charge in [0.15, 0.2) is 0 Å². The Labute approximate surface area is 213 Å². The molecule has 0 spiro atoms. The number of likely N-dealkylation sites (N-methyl/N-ethyl adjacent to an activating group) is 1. The number of aliphatic hydroxyl groups is 1. The van der Waals surface area contributed by atoms with Gasteiger partial charge in [-0.1, -0.05) is 31.2 Å². The number of carbonyl (C=O) groups excluding carboxylic acids is 1. The van der Waals surface area contributed by atoms with Crippen molar-refractivity contribution in [1.29, 1.82) is 0 Å². The Morgan fingerprint density at radius 2 is 1.89 bits per heavy atom. The number of β-amino-alcohol motifs (C(OH)–C–C–N with tert-alkyl or cyclic N) is 1. The Bertz CT molecular complexity index is 1040. The zero-order valence-electron chi connectivity index (χ0n) is 21.1. The summed E-state index contributed by atoms with van der Waals surface area (Å²) in [6, 6.07) is 10.5. The standard InChI is InChI=1S/C26H38N8O2/c1-2-32-9-11-34(12-10-32)26-30-23(13-24(31-26)29-21-14-27-15-21)25(36)28-16-22(35)18-33-8-7-19-5-3-4-6-20(19)17-33/h3-6,13,21-22,27,35H,2,7-12,14-18H2,1H3,(H,28,36)(H,29,30,31)/t22-/m0/s1. The number of nitrogens with one attached hydrogen (secondary N) is 3. The van der Waals surface area contributed by atoms with E-state index in [1.165, 1.54) is 11.1 Å². The molecule has 1 amide bonds. The highest BCUT2D eigenvalue weighted by Gasteiger charge is 2.24. The highest BCUT2D eigenvalue weighted by molar-refractivity contribution is 5.93. The van der Waals surface area contributed by atoms with Gasteiger partial charge in [0.05, 0.1) is 12.1 Å². The van der Waals surface area contributed by atoms with Crippen LogP contribution in [0.15, 0.2) is 30.3 Å². The first-order valence-corrected chi connectivity index (χ1v) is 13.2. The number of hydrogen-bond acceptors (Lipinski definition) is 9. The molecular formula is C26H38N8O2. The molecule has 2 fully saturated rings. The molecule has 0 saturated carbocycles. The fourth-order valence-corrected chi connectivity index (χ4v) is 5.00. The van der Waals surface area contributed by atoms with Crippen LogP contribution in [0.3, 0.4) is 0 Å². The first-order valence-electron chi connectivity index (χ1n) is 13.2. The molecular weight excluding hydrogens is 456 g/mol. The SMILES string of the molecule is CCN1CCN(c2nc(NC3CNC3)cc(C(=O)NC[C@H](O)CN3CCc4ccccc4C3)n2)CC1. The van der Waals surface area contributed by atoms with Crippen LogP contribution in [0.25, 0.3) is 0 Å². The van der Waals surface area contributed by atoms with Gasteiger partial charge < -0.3 is 30.9 Å². The topological polar surface area (TPSA) is 109 Å². The Morgan fingerprint density at radius 1 is 1.11 bits per heavy atom. The molecule has 0 unspecified atom stereocenters. The fourth-order valence-electron chi connectivity index (χ4n) is 5.00. The molecule has 2 saturated heterocycles. The number of piperazine rings is 1. The smallest absolute Gasteiger partial charge is 0.270 e. The van der Waals surface area contributed by atoms with E-state index in [2.05, 4.69) is 66.8 Å². The molecule has 36 heavy (non-hydrogen) atoms. The van der Waals surface area contributed by atoms with Crippen molar-refractivity contribution in [3.63, 3.8) is 0 Å². The molecule has 0 aliphatic carbocycles. The van der Waals surface area contributed by atoms with E-state index in [0.29, 0.717) is 30.0 Å². The zero-order chi connectivity index (χ0) is 24.9. The normalized spacial score (nSPS) is 19.9. The molecule has 3 aliphatic rings. The van der Waals surface area contributed by atoms with E-state index in [9.17, 15) is 9.90 Å². The highest BCUT2D eigenvalue weighted by Crippen LogP contribution is 2.19. The van der Waals surface area contributed by atoms with Crippen LogP contribution in [-0.2, 0) is 13.0 Å². The third-order valence-corrected chi connectivity index (χ3v) is 7.36. The van der Waals surface area contributed by atoms with Gasteiger partial charge in [0.1, 0.15) is 11.5 Å². The van der Waals surface area contributed by atoms with Crippen molar-refractivity contribution in [3.05, 3.63) is 47.2 Å². The van der Waals surface area contributed by atoms with Gasteiger partial charge in [0, 0.05) is 71.5 Å². The van der Waals surface area contributed by atoms with Crippen molar-refractivity contribution < 1.29 is 9.90 Å². The number of hydrogen-bond donors (Lipinski definition) is 4. The lowest BCUT2D eigenvalue weighted by Crippen LogP contribution is -2.51. The molecule has 5 rings (SSSR count). The van der Waals surface area contributed by atoms with Gasteiger partial charge in [-0.15, -0.1) is 0 Å². The quantitative estimate of drug-likeness (QED) is 0.387. The summed E-state index contributed by atoms with van der Waals surface area (Å²) in [4.78, 5) is 29.2. The predicted octanol–water partition coefficient (Wildman–Crippen LogP) is 0.151.